The van der Waals surface area contributed by atoms with E-state index in [4.69, 9.17) is 23.2 Å². The maximum absolute atomic E-state index is 13.6. The van der Waals surface area contributed by atoms with Crippen LogP contribution in [0, 0.1) is 5.95 Å². The number of aromatic amines is 1. The second-order valence-corrected chi connectivity index (χ2v) is 6.79. The Balaban J connectivity index is 1.54. The van der Waals surface area contributed by atoms with Gasteiger partial charge in [-0.25, -0.2) is 9.97 Å². The highest BCUT2D eigenvalue weighted by Gasteiger charge is 2.19. The Morgan fingerprint density at radius 2 is 2.16 bits per heavy atom. The number of rotatable bonds is 3. The van der Waals surface area contributed by atoms with E-state index in [2.05, 4.69) is 32.0 Å². The zero-order valence-electron chi connectivity index (χ0n) is 13.3. The van der Waals surface area contributed by atoms with Crippen LogP contribution in [0.15, 0.2) is 36.8 Å². The second-order valence-electron chi connectivity index (χ2n) is 6.01. The second kappa shape index (κ2) is 6.75. The van der Waals surface area contributed by atoms with E-state index in [0.29, 0.717) is 17.1 Å². The van der Waals surface area contributed by atoms with Crippen molar-refractivity contribution < 1.29 is 4.39 Å². The van der Waals surface area contributed by atoms with Crippen molar-refractivity contribution in [1.29, 1.82) is 0 Å². The molecule has 0 unspecified atom stereocenters. The molecule has 4 rings (SSSR count). The summed E-state index contributed by atoms with van der Waals surface area (Å²) >= 11 is 12.1. The van der Waals surface area contributed by atoms with Crippen molar-refractivity contribution in [2.75, 3.05) is 13.1 Å². The number of aromatic nitrogens is 3. The summed E-state index contributed by atoms with van der Waals surface area (Å²) in [7, 11) is 0. The molecule has 0 bridgehead atoms. The van der Waals surface area contributed by atoms with Crippen LogP contribution in [-0.4, -0.2) is 32.9 Å². The van der Waals surface area contributed by atoms with E-state index in [-0.39, 0.29) is 5.02 Å². The standard InChI is InChI=1S/C18H15Cl2FN4/c19-15-9-23-17(21)16(20)14(15)10-25-6-3-11(4-7-25)13-8-24-18-12(13)2-1-5-22-18/h1-3,5,8-9H,4,6-7,10H2,(H,22,24). The Kier molecular flexibility index (Phi) is 4.46. The average molecular weight is 377 g/mol. The lowest BCUT2D eigenvalue weighted by atomic mass is 9.99. The molecule has 1 aliphatic rings. The zero-order chi connectivity index (χ0) is 17.4. The molecular weight excluding hydrogens is 362 g/mol. The molecule has 7 heteroatoms. The van der Waals surface area contributed by atoms with Crippen LogP contribution < -0.4 is 0 Å². The Morgan fingerprint density at radius 3 is 2.96 bits per heavy atom. The van der Waals surface area contributed by atoms with Gasteiger partial charge in [0.1, 0.15) is 10.7 Å². The predicted molar refractivity (Wildman–Crippen MR) is 98.2 cm³/mol. The summed E-state index contributed by atoms with van der Waals surface area (Å²) < 4.78 is 13.6. The molecule has 0 atom stereocenters. The SMILES string of the molecule is Fc1ncc(Cl)c(CN2CC=C(c3c[nH]c4ncccc34)CC2)c1Cl. The molecule has 1 N–H and O–H groups in total. The molecule has 0 fully saturated rings. The van der Waals surface area contributed by atoms with E-state index in [1.165, 1.54) is 17.3 Å². The quantitative estimate of drug-likeness (QED) is 0.674. The molecule has 3 aromatic rings. The minimum atomic E-state index is -0.680. The molecule has 1 aliphatic heterocycles. The summed E-state index contributed by atoms with van der Waals surface area (Å²) in [5.41, 5.74) is 3.96. The molecule has 0 saturated carbocycles. The Labute approximate surface area is 154 Å². The van der Waals surface area contributed by atoms with Gasteiger partial charge in [-0.15, -0.1) is 0 Å². The van der Waals surface area contributed by atoms with Crippen LogP contribution in [-0.2, 0) is 6.54 Å². The number of nitrogens with zero attached hydrogens (tertiary/aromatic N) is 3. The molecule has 0 aromatic carbocycles. The van der Waals surface area contributed by atoms with Crippen LogP contribution in [0.1, 0.15) is 17.5 Å². The number of hydrogen-bond acceptors (Lipinski definition) is 3. The van der Waals surface area contributed by atoms with Crippen molar-refractivity contribution in [3.8, 4) is 0 Å². The topological polar surface area (TPSA) is 44.8 Å². The lowest BCUT2D eigenvalue weighted by molar-refractivity contribution is 0.293. The smallest absolute Gasteiger partial charge is 0.232 e. The van der Waals surface area contributed by atoms with Gasteiger partial charge >= 0.3 is 0 Å². The summed E-state index contributed by atoms with van der Waals surface area (Å²) in [5.74, 6) is -0.680. The number of nitrogens with one attached hydrogen (secondary N) is 1. The van der Waals surface area contributed by atoms with Gasteiger partial charge in [-0.05, 0) is 24.1 Å². The maximum Gasteiger partial charge on any atom is 0.232 e. The maximum atomic E-state index is 13.6. The molecule has 4 heterocycles. The van der Waals surface area contributed by atoms with Crippen molar-refractivity contribution in [2.24, 2.45) is 0 Å². The Hall–Kier alpha value is -1.95. The first-order valence-electron chi connectivity index (χ1n) is 7.95. The highest BCUT2D eigenvalue weighted by Crippen LogP contribution is 2.31. The fraction of sp³-hybridized carbons (Fsp3) is 0.222. The highest BCUT2D eigenvalue weighted by atomic mass is 35.5. The number of H-pyrrole nitrogens is 1. The van der Waals surface area contributed by atoms with Crippen LogP contribution >= 0.6 is 23.2 Å². The fourth-order valence-corrected chi connectivity index (χ4v) is 3.63. The van der Waals surface area contributed by atoms with Gasteiger partial charge < -0.3 is 4.98 Å². The molecule has 25 heavy (non-hydrogen) atoms. The van der Waals surface area contributed by atoms with Gasteiger partial charge in [-0.3, -0.25) is 4.90 Å². The number of pyridine rings is 2. The van der Waals surface area contributed by atoms with E-state index in [0.717, 1.165) is 30.5 Å². The van der Waals surface area contributed by atoms with Crippen LogP contribution in [0.3, 0.4) is 0 Å². The number of halogens is 3. The van der Waals surface area contributed by atoms with E-state index in [1.54, 1.807) is 6.20 Å². The largest absolute Gasteiger partial charge is 0.346 e. The van der Waals surface area contributed by atoms with Crippen LogP contribution in [0.5, 0.6) is 0 Å². The molecule has 0 saturated heterocycles. The Bertz CT molecular complexity index is 967. The monoisotopic (exact) mass is 376 g/mol. The summed E-state index contributed by atoms with van der Waals surface area (Å²) in [6, 6.07) is 4.01. The normalized spacial score (nSPS) is 15.6. The van der Waals surface area contributed by atoms with Crippen LogP contribution in [0.4, 0.5) is 4.39 Å². The zero-order valence-corrected chi connectivity index (χ0v) is 14.8. The Morgan fingerprint density at radius 1 is 1.28 bits per heavy atom. The average Bonchev–Trinajstić information content (AvgIpc) is 3.07. The molecule has 4 nitrogen and oxygen atoms in total. The first kappa shape index (κ1) is 16.5. The van der Waals surface area contributed by atoms with E-state index >= 15 is 0 Å². The van der Waals surface area contributed by atoms with Crippen LogP contribution in [0.2, 0.25) is 10.0 Å². The van der Waals surface area contributed by atoms with E-state index in [1.807, 2.05) is 12.3 Å². The fourth-order valence-electron chi connectivity index (χ4n) is 3.17. The summed E-state index contributed by atoms with van der Waals surface area (Å²) in [6.07, 6.45) is 8.18. The van der Waals surface area contributed by atoms with Gasteiger partial charge in [0.2, 0.25) is 5.95 Å². The van der Waals surface area contributed by atoms with Gasteiger partial charge in [-0.1, -0.05) is 29.3 Å². The van der Waals surface area contributed by atoms with Crippen molar-refractivity contribution >= 4 is 39.8 Å². The van der Waals surface area contributed by atoms with Crippen molar-refractivity contribution in [2.45, 2.75) is 13.0 Å². The first-order chi connectivity index (χ1) is 12.1. The van der Waals surface area contributed by atoms with Gasteiger partial charge in [0.05, 0.1) is 5.02 Å². The third-order valence-corrected chi connectivity index (χ3v) is 5.21. The van der Waals surface area contributed by atoms with Gasteiger partial charge in [0.15, 0.2) is 0 Å². The van der Waals surface area contributed by atoms with Crippen molar-refractivity contribution in [3.63, 3.8) is 0 Å². The molecular formula is C18H15Cl2FN4. The molecule has 128 valence electrons. The highest BCUT2D eigenvalue weighted by molar-refractivity contribution is 6.35. The summed E-state index contributed by atoms with van der Waals surface area (Å²) in [4.78, 5) is 13.3. The lowest BCUT2D eigenvalue weighted by Gasteiger charge is -2.27. The molecule has 3 aromatic heterocycles. The van der Waals surface area contributed by atoms with Gasteiger partial charge in [0.25, 0.3) is 0 Å². The minimum absolute atomic E-state index is 0.00461. The van der Waals surface area contributed by atoms with Crippen LogP contribution in [0.25, 0.3) is 16.6 Å². The minimum Gasteiger partial charge on any atom is -0.346 e. The molecule has 0 radical (unpaired) electrons. The third kappa shape index (κ3) is 3.15. The molecule has 0 amide bonds. The predicted octanol–water partition coefficient (Wildman–Crippen LogP) is 4.69. The number of fused-ring (bicyclic) bond motifs is 1. The number of hydrogen-bond donors (Lipinski definition) is 1. The third-order valence-electron chi connectivity index (χ3n) is 4.50. The van der Waals surface area contributed by atoms with E-state index in [9.17, 15) is 4.39 Å². The van der Waals surface area contributed by atoms with Crippen molar-refractivity contribution in [1.82, 2.24) is 19.9 Å². The van der Waals surface area contributed by atoms with E-state index < -0.39 is 5.95 Å². The summed E-state index contributed by atoms with van der Waals surface area (Å²) in [6.45, 7) is 2.09. The van der Waals surface area contributed by atoms with Gasteiger partial charge in [0, 0.05) is 54.7 Å². The van der Waals surface area contributed by atoms with Crippen molar-refractivity contribution in [3.05, 3.63) is 63.9 Å². The molecule has 0 aliphatic carbocycles. The first-order valence-corrected chi connectivity index (χ1v) is 8.71. The van der Waals surface area contributed by atoms with Gasteiger partial charge in [-0.2, -0.15) is 4.39 Å². The molecule has 0 spiro atoms. The summed E-state index contributed by atoms with van der Waals surface area (Å²) in [5, 5.41) is 1.53. The lowest BCUT2D eigenvalue weighted by Crippen LogP contribution is -2.28.